The quantitative estimate of drug-likeness (QED) is 0.493. The summed E-state index contributed by atoms with van der Waals surface area (Å²) < 4.78 is 40.4. The van der Waals surface area contributed by atoms with Gasteiger partial charge >= 0.3 is 6.18 Å². The summed E-state index contributed by atoms with van der Waals surface area (Å²) in [5, 5.41) is 10.4. The molecular weight excluding hydrogens is 429 g/mol. The van der Waals surface area contributed by atoms with Gasteiger partial charge < -0.3 is 5.32 Å². The number of fused-ring (bicyclic) bond motifs is 1. The largest absolute Gasteiger partial charge is 0.418 e. The Labute approximate surface area is 178 Å². The lowest BCUT2D eigenvalue weighted by Gasteiger charge is -2.16. The fourth-order valence-electron chi connectivity index (χ4n) is 3.05. The van der Waals surface area contributed by atoms with Crippen LogP contribution in [0.15, 0.2) is 65.5 Å². The van der Waals surface area contributed by atoms with Gasteiger partial charge in [0.05, 0.1) is 16.6 Å². The van der Waals surface area contributed by atoms with Crippen molar-refractivity contribution in [3.05, 3.63) is 76.6 Å². The normalized spacial score (nSPS) is 12.6. The summed E-state index contributed by atoms with van der Waals surface area (Å²) in [4.78, 5) is 26.7. The molecule has 1 N–H and O–H groups in total. The summed E-state index contributed by atoms with van der Waals surface area (Å²) in [6, 6.07) is 14.5. The smallest absolute Gasteiger partial charge is 0.324 e. The summed E-state index contributed by atoms with van der Waals surface area (Å²) >= 11 is 1.29. The molecular formula is C21H15F3N4O2S. The summed E-state index contributed by atoms with van der Waals surface area (Å²) in [6.45, 7) is 1.37. The Morgan fingerprint density at radius 3 is 2.48 bits per heavy atom. The fraction of sp³-hybridized carbons (Fsp3) is 0.143. The van der Waals surface area contributed by atoms with Gasteiger partial charge in [-0.2, -0.15) is 17.9 Å². The zero-order valence-corrected chi connectivity index (χ0v) is 16.9. The highest BCUT2D eigenvalue weighted by atomic mass is 32.1. The van der Waals surface area contributed by atoms with Crippen molar-refractivity contribution in [1.29, 1.82) is 0 Å². The summed E-state index contributed by atoms with van der Waals surface area (Å²) in [5.74, 6) is -0.814. The molecule has 31 heavy (non-hydrogen) atoms. The number of amides is 1. The first-order valence-electron chi connectivity index (χ1n) is 9.17. The van der Waals surface area contributed by atoms with Crippen LogP contribution in [0.2, 0.25) is 0 Å². The van der Waals surface area contributed by atoms with Crippen molar-refractivity contribution in [2.75, 3.05) is 5.32 Å². The van der Waals surface area contributed by atoms with Gasteiger partial charge in [-0.3, -0.25) is 9.59 Å². The third-order valence-electron chi connectivity index (χ3n) is 4.68. The number of para-hydroxylation sites is 1. The highest BCUT2D eigenvalue weighted by Crippen LogP contribution is 2.35. The number of hydrogen-bond donors (Lipinski definition) is 1. The molecule has 0 aliphatic heterocycles. The van der Waals surface area contributed by atoms with E-state index in [1.807, 2.05) is 30.3 Å². The van der Waals surface area contributed by atoms with Crippen LogP contribution in [-0.2, 0) is 11.0 Å². The molecule has 0 bridgehead atoms. The molecule has 0 radical (unpaired) electrons. The minimum atomic E-state index is -4.63. The summed E-state index contributed by atoms with van der Waals surface area (Å²) in [7, 11) is 0. The minimum Gasteiger partial charge on any atom is -0.324 e. The molecule has 0 aliphatic rings. The SMILES string of the molecule is C[C@@H](C(=O)Nc1ccccc1C(F)(F)F)n1nnc2sc(-c3ccccc3)cc2c1=O. The first kappa shape index (κ1) is 20.7. The molecule has 10 heteroatoms. The molecule has 4 aromatic rings. The first-order valence-corrected chi connectivity index (χ1v) is 9.99. The van der Waals surface area contributed by atoms with Crippen LogP contribution in [0.3, 0.4) is 0 Å². The van der Waals surface area contributed by atoms with Gasteiger partial charge in [0.15, 0.2) is 4.83 Å². The van der Waals surface area contributed by atoms with Crippen LogP contribution in [0.1, 0.15) is 18.5 Å². The molecule has 4 rings (SSSR count). The number of nitrogens with zero attached hydrogens (tertiary/aromatic N) is 3. The van der Waals surface area contributed by atoms with Gasteiger partial charge in [0.1, 0.15) is 6.04 Å². The molecule has 158 valence electrons. The number of nitrogens with one attached hydrogen (secondary N) is 1. The van der Waals surface area contributed by atoms with Crippen LogP contribution in [0.5, 0.6) is 0 Å². The maximum atomic E-state index is 13.2. The van der Waals surface area contributed by atoms with Gasteiger partial charge in [-0.15, -0.1) is 16.4 Å². The molecule has 1 amide bonds. The van der Waals surface area contributed by atoms with E-state index in [0.29, 0.717) is 4.83 Å². The van der Waals surface area contributed by atoms with Crippen molar-refractivity contribution in [3.63, 3.8) is 0 Å². The topological polar surface area (TPSA) is 76.9 Å². The molecule has 0 spiro atoms. The molecule has 6 nitrogen and oxygen atoms in total. The van der Waals surface area contributed by atoms with Crippen molar-refractivity contribution >= 4 is 33.1 Å². The van der Waals surface area contributed by atoms with E-state index in [9.17, 15) is 22.8 Å². The Kier molecular flexibility index (Phi) is 5.32. The molecule has 0 aliphatic carbocycles. The Balaban J connectivity index is 1.65. The van der Waals surface area contributed by atoms with Crippen LogP contribution in [0.25, 0.3) is 20.7 Å². The molecule has 0 saturated heterocycles. The number of carbonyl (C=O) groups excluding carboxylic acids is 1. The standard InChI is InChI=1S/C21H15F3N4O2S/c1-12(18(29)25-16-10-6-5-9-15(16)21(22,23)24)28-20(30)14-11-17(31-19(14)26-27-28)13-7-3-2-4-8-13/h2-12H,1H3,(H,25,29)/t12-/m0/s1. The number of hydrogen-bond acceptors (Lipinski definition) is 5. The van der Waals surface area contributed by atoms with Crippen molar-refractivity contribution in [3.8, 4) is 10.4 Å². The predicted octanol–water partition coefficient (Wildman–Crippen LogP) is 4.74. The third kappa shape index (κ3) is 4.06. The van der Waals surface area contributed by atoms with Gasteiger partial charge in [0, 0.05) is 4.88 Å². The van der Waals surface area contributed by atoms with Gasteiger partial charge in [0.25, 0.3) is 5.56 Å². The second kappa shape index (κ2) is 7.95. The van der Waals surface area contributed by atoms with Crippen molar-refractivity contribution < 1.29 is 18.0 Å². The van der Waals surface area contributed by atoms with Crippen LogP contribution in [0, 0.1) is 0 Å². The molecule has 0 fully saturated rings. The predicted molar refractivity (Wildman–Crippen MR) is 112 cm³/mol. The number of benzene rings is 2. The number of rotatable bonds is 4. The van der Waals surface area contributed by atoms with Gasteiger partial charge in [-0.25, -0.2) is 0 Å². The monoisotopic (exact) mass is 444 g/mol. The highest BCUT2D eigenvalue weighted by molar-refractivity contribution is 7.21. The second-order valence-corrected chi connectivity index (χ2v) is 7.77. The average molecular weight is 444 g/mol. The second-order valence-electron chi connectivity index (χ2n) is 6.74. The zero-order chi connectivity index (χ0) is 22.2. The maximum absolute atomic E-state index is 13.2. The average Bonchev–Trinajstić information content (AvgIpc) is 3.19. The third-order valence-corrected chi connectivity index (χ3v) is 5.75. The zero-order valence-electron chi connectivity index (χ0n) is 16.1. The van der Waals surface area contributed by atoms with Crippen molar-refractivity contribution in [2.24, 2.45) is 0 Å². The van der Waals surface area contributed by atoms with Crippen LogP contribution >= 0.6 is 11.3 Å². The summed E-state index contributed by atoms with van der Waals surface area (Å²) in [6.07, 6.45) is -4.63. The van der Waals surface area contributed by atoms with Gasteiger partial charge in [-0.05, 0) is 30.7 Å². The molecule has 2 aromatic carbocycles. The Morgan fingerprint density at radius 1 is 1.10 bits per heavy atom. The molecule has 0 saturated carbocycles. The van der Waals surface area contributed by atoms with E-state index < -0.39 is 34.9 Å². The van der Waals surface area contributed by atoms with Crippen molar-refractivity contribution in [2.45, 2.75) is 19.1 Å². The van der Waals surface area contributed by atoms with E-state index in [1.165, 1.54) is 30.4 Å². The Hall–Kier alpha value is -3.53. The van der Waals surface area contributed by atoms with Gasteiger partial charge in [-0.1, -0.05) is 47.7 Å². The Morgan fingerprint density at radius 2 is 1.77 bits per heavy atom. The Bertz CT molecular complexity index is 1320. The maximum Gasteiger partial charge on any atom is 0.418 e. The number of anilines is 1. The van der Waals surface area contributed by atoms with E-state index >= 15 is 0 Å². The van der Waals surface area contributed by atoms with E-state index in [0.717, 1.165) is 27.3 Å². The highest BCUT2D eigenvalue weighted by Gasteiger charge is 2.34. The number of carbonyl (C=O) groups is 1. The number of thiophene rings is 1. The van der Waals surface area contributed by atoms with E-state index in [1.54, 1.807) is 6.07 Å². The van der Waals surface area contributed by atoms with Crippen LogP contribution in [-0.4, -0.2) is 20.9 Å². The van der Waals surface area contributed by atoms with Gasteiger partial charge in [0.2, 0.25) is 5.91 Å². The number of aromatic nitrogens is 3. The first-order chi connectivity index (χ1) is 14.8. The molecule has 2 aromatic heterocycles. The number of halogens is 3. The number of alkyl halides is 3. The lowest BCUT2D eigenvalue weighted by atomic mass is 10.1. The lowest BCUT2D eigenvalue weighted by Crippen LogP contribution is -2.34. The van der Waals surface area contributed by atoms with Crippen LogP contribution < -0.4 is 10.9 Å². The molecule has 2 heterocycles. The van der Waals surface area contributed by atoms with Crippen molar-refractivity contribution in [1.82, 2.24) is 15.0 Å². The minimum absolute atomic E-state index is 0.286. The fourth-order valence-corrected chi connectivity index (χ4v) is 4.02. The molecule has 1 atom stereocenters. The van der Waals surface area contributed by atoms with Crippen LogP contribution in [0.4, 0.5) is 18.9 Å². The van der Waals surface area contributed by atoms with E-state index in [2.05, 4.69) is 15.6 Å². The van der Waals surface area contributed by atoms with E-state index in [4.69, 9.17) is 0 Å². The lowest BCUT2D eigenvalue weighted by molar-refractivity contribution is -0.137. The van der Waals surface area contributed by atoms with E-state index in [-0.39, 0.29) is 5.39 Å². The molecule has 0 unspecified atom stereocenters. The summed E-state index contributed by atoms with van der Waals surface area (Å²) in [5.41, 5.74) is -1.01.